The van der Waals surface area contributed by atoms with Crippen molar-refractivity contribution in [3.05, 3.63) is 42.4 Å². The zero-order valence-electron chi connectivity index (χ0n) is 12.6. The average molecular weight is 283 g/mol. The first-order valence-corrected chi connectivity index (χ1v) is 7.39. The summed E-state index contributed by atoms with van der Waals surface area (Å²) in [6, 6.07) is 8.44. The van der Waals surface area contributed by atoms with Crippen LogP contribution in [-0.4, -0.2) is 36.6 Å². The van der Waals surface area contributed by atoms with Gasteiger partial charge in [0.15, 0.2) is 5.82 Å². The first kappa shape index (κ1) is 13.8. The molecule has 1 aromatic carbocycles. The highest BCUT2D eigenvalue weighted by atomic mass is 15.3. The predicted molar refractivity (Wildman–Crippen MR) is 86.1 cm³/mol. The highest BCUT2D eigenvalue weighted by molar-refractivity contribution is 5.77. The number of nitrogens with zero attached hydrogens (tertiary/aromatic N) is 4. The van der Waals surface area contributed by atoms with E-state index in [1.165, 1.54) is 11.4 Å². The summed E-state index contributed by atoms with van der Waals surface area (Å²) in [5, 5.41) is 3.29. The highest BCUT2D eigenvalue weighted by Gasteiger charge is 2.22. The highest BCUT2D eigenvalue weighted by Crippen LogP contribution is 2.35. The molecule has 0 saturated heterocycles. The lowest BCUT2D eigenvalue weighted by Crippen LogP contribution is -2.37. The van der Waals surface area contributed by atoms with Gasteiger partial charge in [-0.3, -0.25) is 4.98 Å². The van der Waals surface area contributed by atoms with Crippen molar-refractivity contribution in [1.29, 1.82) is 0 Å². The number of hydrogen-bond donors (Lipinski definition) is 1. The molecule has 0 fully saturated rings. The number of para-hydroxylation sites is 2. The number of benzene rings is 1. The summed E-state index contributed by atoms with van der Waals surface area (Å²) in [4.78, 5) is 13.6. The molecule has 0 aliphatic carbocycles. The van der Waals surface area contributed by atoms with E-state index in [4.69, 9.17) is 4.98 Å². The number of hydrogen-bond acceptors (Lipinski definition) is 5. The summed E-state index contributed by atoms with van der Waals surface area (Å²) in [5.41, 5.74) is 3.41. The molecular weight excluding hydrogens is 262 g/mol. The molecule has 2 aromatic rings. The Kier molecular flexibility index (Phi) is 4.01. The standard InChI is InChI=1S/C16H21N5/c1-3-17-10-13-11-18-12-16(19-13)21-9-8-20(2)14-6-4-5-7-15(14)21/h4-7,11-12,17H,3,8-10H2,1-2H3. The maximum Gasteiger partial charge on any atom is 0.152 e. The second-order valence-corrected chi connectivity index (χ2v) is 5.21. The molecular formula is C16H21N5. The molecule has 0 saturated carbocycles. The van der Waals surface area contributed by atoms with E-state index < -0.39 is 0 Å². The lowest BCUT2D eigenvalue weighted by Gasteiger charge is -2.36. The number of nitrogens with one attached hydrogen (secondary N) is 1. The Morgan fingerprint density at radius 3 is 2.76 bits per heavy atom. The van der Waals surface area contributed by atoms with Gasteiger partial charge in [0, 0.05) is 32.9 Å². The maximum absolute atomic E-state index is 4.74. The van der Waals surface area contributed by atoms with Crippen molar-refractivity contribution in [3.63, 3.8) is 0 Å². The van der Waals surface area contributed by atoms with Crippen molar-refractivity contribution in [2.75, 3.05) is 36.5 Å². The third-order valence-electron chi connectivity index (χ3n) is 3.75. The van der Waals surface area contributed by atoms with Gasteiger partial charge in [-0.05, 0) is 18.7 Å². The van der Waals surface area contributed by atoms with E-state index in [0.717, 1.165) is 37.7 Å². The topological polar surface area (TPSA) is 44.3 Å². The number of likely N-dealkylation sites (N-methyl/N-ethyl adjacent to an activating group) is 1. The monoisotopic (exact) mass is 283 g/mol. The summed E-state index contributed by atoms with van der Waals surface area (Å²) in [6.07, 6.45) is 3.67. The van der Waals surface area contributed by atoms with E-state index in [2.05, 4.69) is 58.3 Å². The van der Waals surface area contributed by atoms with Gasteiger partial charge in [-0.25, -0.2) is 4.98 Å². The third kappa shape index (κ3) is 2.83. The summed E-state index contributed by atoms with van der Waals surface area (Å²) >= 11 is 0. The smallest absolute Gasteiger partial charge is 0.152 e. The van der Waals surface area contributed by atoms with Crippen LogP contribution in [0.2, 0.25) is 0 Å². The Bertz CT molecular complexity index is 613. The predicted octanol–water partition coefficient (Wildman–Crippen LogP) is 2.17. The summed E-state index contributed by atoms with van der Waals surface area (Å²) in [5.74, 6) is 0.922. The van der Waals surface area contributed by atoms with E-state index >= 15 is 0 Å². The van der Waals surface area contributed by atoms with Crippen LogP contribution in [0.5, 0.6) is 0 Å². The zero-order valence-corrected chi connectivity index (χ0v) is 12.6. The first-order chi connectivity index (χ1) is 10.3. The molecule has 0 unspecified atom stereocenters. The minimum Gasteiger partial charge on any atom is -0.371 e. The second-order valence-electron chi connectivity index (χ2n) is 5.21. The maximum atomic E-state index is 4.74. The molecule has 0 amide bonds. The zero-order chi connectivity index (χ0) is 14.7. The molecule has 1 aromatic heterocycles. The van der Waals surface area contributed by atoms with E-state index in [9.17, 15) is 0 Å². The quantitative estimate of drug-likeness (QED) is 0.931. The van der Waals surface area contributed by atoms with Crippen LogP contribution < -0.4 is 15.1 Å². The van der Waals surface area contributed by atoms with E-state index in [0.29, 0.717) is 0 Å². The Balaban J connectivity index is 1.92. The Morgan fingerprint density at radius 1 is 1.14 bits per heavy atom. The molecule has 0 atom stereocenters. The summed E-state index contributed by atoms with van der Waals surface area (Å²) in [7, 11) is 2.13. The van der Waals surface area contributed by atoms with E-state index in [1.807, 2.05) is 12.4 Å². The van der Waals surface area contributed by atoms with Gasteiger partial charge in [0.1, 0.15) is 0 Å². The van der Waals surface area contributed by atoms with Gasteiger partial charge in [0.2, 0.25) is 0 Å². The van der Waals surface area contributed by atoms with Crippen molar-refractivity contribution >= 4 is 17.2 Å². The van der Waals surface area contributed by atoms with Crippen LogP contribution >= 0.6 is 0 Å². The largest absolute Gasteiger partial charge is 0.371 e. The molecule has 0 bridgehead atoms. The minimum absolute atomic E-state index is 0.757. The SMILES string of the molecule is CCNCc1cncc(N2CCN(C)c3ccccc32)n1. The van der Waals surface area contributed by atoms with Crippen LogP contribution in [0.25, 0.3) is 0 Å². The average Bonchev–Trinajstić information content (AvgIpc) is 2.54. The summed E-state index contributed by atoms with van der Waals surface area (Å²) < 4.78 is 0. The van der Waals surface area contributed by atoms with Crippen molar-refractivity contribution in [2.45, 2.75) is 13.5 Å². The van der Waals surface area contributed by atoms with E-state index in [1.54, 1.807) is 0 Å². The van der Waals surface area contributed by atoms with Crippen LogP contribution in [0.4, 0.5) is 17.2 Å². The van der Waals surface area contributed by atoms with Crippen molar-refractivity contribution in [2.24, 2.45) is 0 Å². The lowest BCUT2D eigenvalue weighted by molar-refractivity contribution is 0.704. The fourth-order valence-electron chi connectivity index (χ4n) is 2.61. The third-order valence-corrected chi connectivity index (χ3v) is 3.75. The van der Waals surface area contributed by atoms with Gasteiger partial charge in [0.05, 0.1) is 23.3 Å². The van der Waals surface area contributed by atoms with Gasteiger partial charge < -0.3 is 15.1 Å². The van der Waals surface area contributed by atoms with Crippen molar-refractivity contribution in [3.8, 4) is 0 Å². The molecule has 1 aliphatic heterocycles. The molecule has 0 radical (unpaired) electrons. The Hall–Kier alpha value is -2.14. The molecule has 110 valence electrons. The molecule has 0 spiro atoms. The molecule has 2 heterocycles. The minimum atomic E-state index is 0.757. The fourth-order valence-corrected chi connectivity index (χ4v) is 2.61. The number of aromatic nitrogens is 2. The van der Waals surface area contributed by atoms with Gasteiger partial charge in [0.25, 0.3) is 0 Å². The van der Waals surface area contributed by atoms with Crippen LogP contribution in [0.1, 0.15) is 12.6 Å². The molecule has 21 heavy (non-hydrogen) atoms. The molecule has 5 heteroatoms. The van der Waals surface area contributed by atoms with Crippen LogP contribution in [0.15, 0.2) is 36.7 Å². The number of rotatable bonds is 4. The molecule has 5 nitrogen and oxygen atoms in total. The second kappa shape index (κ2) is 6.10. The Labute approximate surface area is 125 Å². The summed E-state index contributed by atoms with van der Waals surface area (Å²) in [6.45, 7) is 5.69. The lowest BCUT2D eigenvalue weighted by atomic mass is 10.2. The Morgan fingerprint density at radius 2 is 1.95 bits per heavy atom. The van der Waals surface area contributed by atoms with Crippen LogP contribution in [0.3, 0.4) is 0 Å². The normalized spacial score (nSPS) is 14.2. The number of fused-ring (bicyclic) bond motifs is 1. The fraction of sp³-hybridized carbons (Fsp3) is 0.375. The van der Waals surface area contributed by atoms with Crippen molar-refractivity contribution in [1.82, 2.24) is 15.3 Å². The first-order valence-electron chi connectivity index (χ1n) is 7.39. The molecule has 3 rings (SSSR count). The molecule has 1 N–H and O–H groups in total. The van der Waals surface area contributed by atoms with Crippen LogP contribution in [-0.2, 0) is 6.54 Å². The van der Waals surface area contributed by atoms with Gasteiger partial charge in [-0.1, -0.05) is 19.1 Å². The molecule has 1 aliphatic rings. The van der Waals surface area contributed by atoms with E-state index in [-0.39, 0.29) is 0 Å². The van der Waals surface area contributed by atoms with Crippen molar-refractivity contribution < 1.29 is 0 Å². The van der Waals surface area contributed by atoms with Gasteiger partial charge in [-0.2, -0.15) is 0 Å². The van der Waals surface area contributed by atoms with Crippen LogP contribution in [0, 0.1) is 0 Å². The van der Waals surface area contributed by atoms with Gasteiger partial charge in [-0.15, -0.1) is 0 Å². The van der Waals surface area contributed by atoms with Gasteiger partial charge >= 0.3 is 0 Å². The number of anilines is 3.